The molecule has 0 aliphatic rings. The van der Waals surface area contributed by atoms with Gasteiger partial charge in [-0.05, 0) is 17.7 Å². The molecule has 0 radical (unpaired) electrons. The first-order valence-corrected chi connectivity index (χ1v) is 9.72. The lowest BCUT2D eigenvalue weighted by Gasteiger charge is -2.07. The first-order valence-electron chi connectivity index (χ1n) is 8.84. The van der Waals surface area contributed by atoms with Gasteiger partial charge in [-0.1, -0.05) is 42.5 Å². The van der Waals surface area contributed by atoms with Crippen LogP contribution in [0.25, 0.3) is 16.3 Å². The summed E-state index contributed by atoms with van der Waals surface area (Å²) in [6.45, 7) is 0.936. The van der Waals surface area contributed by atoms with Gasteiger partial charge in [-0.25, -0.2) is 13.7 Å². The predicted molar refractivity (Wildman–Crippen MR) is 107 cm³/mol. The van der Waals surface area contributed by atoms with Gasteiger partial charge in [0.25, 0.3) is 0 Å². The minimum Gasteiger partial charge on any atom is -0.338 e. The lowest BCUT2D eigenvalue weighted by atomic mass is 10.2. The largest absolute Gasteiger partial charge is 0.338 e. The van der Waals surface area contributed by atoms with E-state index < -0.39 is 0 Å². The quantitative estimate of drug-likeness (QED) is 0.524. The van der Waals surface area contributed by atoms with Gasteiger partial charge in [-0.15, -0.1) is 16.4 Å². The van der Waals surface area contributed by atoms with Crippen molar-refractivity contribution in [2.45, 2.75) is 13.0 Å². The van der Waals surface area contributed by atoms with E-state index in [0.717, 1.165) is 11.3 Å². The monoisotopic (exact) mass is 395 g/mol. The smallest absolute Gasteiger partial charge is 0.315 e. The molecule has 0 aliphatic heterocycles. The van der Waals surface area contributed by atoms with E-state index in [1.807, 2.05) is 35.7 Å². The molecule has 6 nitrogen and oxygen atoms in total. The number of carbonyl (C=O) groups excluding carboxylic acids is 1. The summed E-state index contributed by atoms with van der Waals surface area (Å²) in [5.74, 6) is 0.0128. The number of carbonyl (C=O) groups is 1. The van der Waals surface area contributed by atoms with E-state index >= 15 is 0 Å². The van der Waals surface area contributed by atoms with Crippen molar-refractivity contribution in [3.05, 3.63) is 77.1 Å². The number of urea groups is 1. The van der Waals surface area contributed by atoms with Gasteiger partial charge in [0.05, 0.1) is 11.3 Å². The molecule has 2 aromatic carbocycles. The molecule has 0 fully saturated rings. The number of thiazole rings is 1. The molecule has 4 aromatic rings. The summed E-state index contributed by atoms with van der Waals surface area (Å²) in [5, 5.41) is 12.0. The molecule has 0 aliphatic carbocycles. The van der Waals surface area contributed by atoms with Crippen LogP contribution in [-0.2, 0) is 13.0 Å². The van der Waals surface area contributed by atoms with Crippen molar-refractivity contribution in [3.8, 4) is 11.4 Å². The molecular formula is C20H18FN5OS. The predicted octanol–water partition coefficient (Wildman–Crippen LogP) is 3.64. The van der Waals surface area contributed by atoms with Gasteiger partial charge in [0.2, 0.25) is 4.96 Å². The molecule has 0 bridgehead atoms. The van der Waals surface area contributed by atoms with Crippen LogP contribution in [0.4, 0.5) is 9.18 Å². The highest BCUT2D eigenvalue weighted by Gasteiger charge is 2.14. The Morgan fingerprint density at radius 1 is 1.07 bits per heavy atom. The number of nitrogens with zero attached hydrogens (tertiary/aromatic N) is 3. The van der Waals surface area contributed by atoms with Crippen LogP contribution in [0.2, 0.25) is 0 Å². The maximum Gasteiger partial charge on any atom is 0.315 e. The molecule has 0 spiro atoms. The fraction of sp³-hybridized carbons (Fsp3) is 0.150. The average Bonchev–Trinajstić information content (AvgIpc) is 3.29. The van der Waals surface area contributed by atoms with Crippen LogP contribution in [0.1, 0.15) is 11.3 Å². The van der Waals surface area contributed by atoms with E-state index in [9.17, 15) is 9.18 Å². The number of fused-ring (bicyclic) bond motifs is 1. The molecule has 0 saturated carbocycles. The molecule has 2 N–H and O–H groups in total. The zero-order valence-corrected chi connectivity index (χ0v) is 15.7. The van der Waals surface area contributed by atoms with Gasteiger partial charge in [-0.3, -0.25) is 0 Å². The Labute approximate surface area is 165 Å². The number of rotatable bonds is 6. The third kappa shape index (κ3) is 4.01. The van der Waals surface area contributed by atoms with E-state index in [-0.39, 0.29) is 11.8 Å². The lowest BCUT2D eigenvalue weighted by Crippen LogP contribution is -2.36. The fourth-order valence-corrected chi connectivity index (χ4v) is 3.65. The second-order valence-electron chi connectivity index (χ2n) is 6.18. The summed E-state index contributed by atoms with van der Waals surface area (Å²) >= 11 is 1.44. The van der Waals surface area contributed by atoms with Gasteiger partial charge in [0.1, 0.15) is 5.82 Å². The van der Waals surface area contributed by atoms with Crippen molar-refractivity contribution in [1.82, 2.24) is 25.2 Å². The molecule has 28 heavy (non-hydrogen) atoms. The zero-order chi connectivity index (χ0) is 19.3. The van der Waals surface area contributed by atoms with Gasteiger partial charge in [-0.2, -0.15) is 4.98 Å². The Balaban J connectivity index is 1.35. The van der Waals surface area contributed by atoms with Crippen LogP contribution < -0.4 is 10.6 Å². The molecule has 2 aromatic heterocycles. The number of amides is 2. The maximum atomic E-state index is 14.0. The van der Waals surface area contributed by atoms with Crippen LogP contribution in [-0.4, -0.2) is 27.2 Å². The molecule has 0 unspecified atom stereocenters. The summed E-state index contributed by atoms with van der Waals surface area (Å²) < 4.78 is 15.7. The molecular weight excluding hydrogens is 377 g/mol. The Bertz CT molecular complexity index is 1090. The summed E-state index contributed by atoms with van der Waals surface area (Å²) in [7, 11) is 0. The number of aromatic nitrogens is 3. The molecule has 8 heteroatoms. The normalized spacial score (nSPS) is 10.9. The van der Waals surface area contributed by atoms with Crippen LogP contribution in [0.3, 0.4) is 0 Å². The van der Waals surface area contributed by atoms with Crippen molar-refractivity contribution in [2.75, 3.05) is 6.54 Å². The molecule has 4 rings (SSSR count). The number of hydrogen-bond donors (Lipinski definition) is 2. The average molecular weight is 395 g/mol. The van der Waals surface area contributed by atoms with E-state index in [0.29, 0.717) is 35.9 Å². The highest BCUT2D eigenvalue weighted by atomic mass is 32.1. The van der Waals surface area contributed by atoms with Crippen LogP contribution in [0.5, 0.6) is 0 Å². The Kier molecular flexibility index (Phi) is 5.29. The molecule has 2 heterocycles. The van der Waals surface area contributed by atoms with Crippen molar-refractivity contribution >= 4 is 22.3 Å². The van der Waals surface area contributed by atoms with Gasteiger partial charge < -0.3 is 10.6 Å². The number of halogens is 1. The molecule has 0 saturated heterocycles. The van der Waals surface area contributed by atoms with Gasteiger partial charge in [0.15, 0.2) is 5.82 Å². The molecule has 2 amide bonds. The second kappa shape index (κ2) is 8.18. The van der Waals surface area contributed by atoms with E-state index in [1.54, 1.807) is 22.7 Å². The van der Waals surface area contributed by atoms with Crippen molar-refractivity contribution in [3.63, 3.8) is 0 Å². The van der Waals surface area contributed by atoms with Gasteiger partial charge in [0, 0.05) is 24.9 Å². The summed E-state index contributed by atoms with van der Waals surface area (Å²) in [5.41, 5.74) is 2.33. The standard InChI is InChI=1S/C20H18FN5OS/c21-17-9-5-4-8-16(17)18-24-20-26(25-18)15(13-28-20)10-11-22-19(27)23-12-14-6-2-1-3-7-14/h1-9,13H,10-12H2,(H2,22,23,27). The van der Waals surface area contributed by atoms with Crippen LogP contribution in [0.15, 0.2) is 60.0 Å². The Morgan fingerprint density at radius 2 is 1.86 bits per heavy atom. The molecule has 142 valence electrons. The van der Waals surface area contributed by atoms with Crippen LogP contribution in [0, 0.1) is 5.82 Å². The third-order valence-corrected chi connectivity index (χ3v) is 5.09. The van der Waals surface area contributed by atoms with Crippen molar-refractivity contribution < 1.29 is 9.18 Å². The minimum absolute atomic E-state index is 0.221. The lowest BCUT2D eigenvalue weighted by molar-refractivity contribution is 0.240. The highest BCUT2D eigenvalue weighted by molar-refractivity contribution is 7.15. The Morgan fingerprint density at radius 3 is 2.68 bits per heavy atom. The van der Waals surface area contributed by atoms with E-state index in [1.165, 1.54) is 17.4 Å². The van der Waals surface area contributed by atoms with Crippen LogP contribution >= 0.6 is 11.3 Å². The summed E-state index contributed by atoms with van der Waals surface area (Å²) in [6.07, 6.45) is 0.596. The van der Waals surface area contributed by atoms with E-state index in [4.69, 9.17) is 0 Å². The number of nitrogens with one attached hydrogen (secondary N) is 2. The van der Waals surface area contributed by atoms with E-state index in [2.05, 4.69) is 20.7 Å². The third-order valence-electron chi connectivity index (χ3n) is 4.23. The first kappa shape index (κ1) is 18.1. The first-order chi connectivity index (χ1) is 13.7. The molecule has 0 atom stereocenters. The van der Waals surface area contributed by atoms with Crippen molar-refractivity contribution in [2.24, 2.45) is 0 Å². The number of hydrogen-bond acceptors (Lipinski definition) is 4. The Hall–Kier alpha value is -3.26. The summed E-state index contributed by atoms with van der Waals surface area (Å²) in [6, 6.07) is 15.9. The topological polar surface area (TPSA) is 71.3 Å². The zero-order valence-electron chi connectivity index (χ0n) is 14.9. The minimum atomic E-state index is -0.348. The maximum absolute atomic E-state index is 14.0. The second-order valence-corrected chi connectivity index (χ2v) is 7.02. The summed E-state index contributed by atoms with van der Waals surface area (Å²) in [4.78, 5) is 17.0. The fourth-order valence-electron chi connectivity index (χ4n) is 2.80. The SMILES string of the molecule is O=C(NCCc1csc2nc(-c3ccccc3F)nn12)NCc1ccccc1. The van der Waals surface area contributed by atoms with Gasteiger partial charge >= 0.3 is 6.03 Å². The highest BCUT2D eigenvalue weighted by Crippen LogP contribution is 2.23. The number of benzene rings is 2. The van der Waals surface area contributed by atoms with Crippen molar-refractivity contribution in [1.29, 1.82) is 0 Å².